The summed E-state index contributed by atoms with van der Waals surface area (Å²) in [7, 11) is 0. The molecule has 0 saturated carbocycles. The first-order valence-electron chi connectivity index (χ1n) is 6.49. The van der Waals surface area contributed by atoms with Crippen molar-refractivity contribution in [3.8, 4) is 11.5 Å². The van der Waals surface area contributed by atoms with Gasteiger partial charge in [0.05, 0.1) is 0 Å². The van der Waals surface area contributed by atoms with E-state index in [0.29, 0.717) is 5.56 Å². The predicted molar refractivity (Wildman–Crippen MR) is 80.3 cm³/mol. The molecule has 0 atom stereocenters. The van der Waals surface area contributed by atoms with E-state index in [0.717, 1.165) is 11.6 Å². The lowest BCUT2D eigenvalue weighted by atomic mass is 10.1. The van der Waals surface area contributed by atoms with Gasteiger partial charge >= 0.3 is 5.97 Å². The molecular weight excluding hydrogens is 268 g/mol. The van der Waals surface area contributed by atoms with Crippen LogP contribution in [-0.4, -0.2) is 22.8 Å². The smallest absolute Gasteiger partial charge is 0.342 e. The molecule has 21 heavy (non-hydrogen) atoms. The molecule has 0 aliphatic rings. The number of esters is 1. The Morgan fingerprint density at radius 1 is 1.19 bits per heavy atom. The lowest BCUT2D eigenvalue weighted by molar-refractivity contribution is 0.0546. The van der Waals surface area contributed by atoms with E-state index < -0.39 is 5.97 Å². The van der Waals surface area contributed by atoms with Crippen molar-refractivity contribution in [2.45, 2.75) is 6.92 Å². The zero-order chi connectivity index (χ0) is 15.2. The van der Waals surface area contributed by atoms with Gasteiger partial charge in [-0.2, -0.15) is 0 Å². The van der Waals surface area contributed by atoms with Crippen LogP contribution in [0.5, 0.6) is 11.5 Å². The third-order valence-corrected chi connectivity index (χ3v) is 2.92. The zero-order valence-electron chi connectivity index (χ0n) is 11.6. The van der Waals surface area contributed by atoms with Gasteiger partial charge in [-0.15, -0.1) is 0 Å². The number of phenols is 2. The highest BCUT2D eigenvalue weighted by molar-refractivity contribution is 5.94. The average Bonchev–Trinajstić information content (AvgIpc) is 2.43. The van der Waals surface area contributed by atoms with Gasteiger partial charge in [-0.25, -0.2) is 4.79 Å². The normalized spacial score (nSPS) is 10.7. The molecule has 0 radical (unpaired) electrons. The highest BCUT2D eigenvalue weighted by Gasteiger charge is 2.16. The highest BCUT2D eigenvalue weighted by atomic mass is 16.5. The number of carbonyl (C=O) groups excluding carboxylic acids is 1. The standard InChI is InChI=1S/C17H16O4/c1-12-10-14(18)11-15(19)16(12)17(20)21-9-5-8-13-6-3-2-4-7-13/h2-8,10-11,18-19H,9H2,1H3. The van der Waals surface area contributed by atoms with Gasteiger partial charge in [-0.05, 0) is 30.2 Å². The van der Waals surface area contributed by atoms with E-state index >= 15 is 0 Å². The molecule has 0 fully saturated rings. The van der Waals surface area contributed by atoms with Crippen molar-refractivity contribution in [3.05, 3.63) is 65.2 Å². The quantitative estimate of drug-likeness (QED) is 0.846. The lowest BCUT2D eigenvalue weighted by Gasteiger charge is -2.08. The number of hydrogen-bond donors (Lipinski definition) is 2. The van der Waals surface area contributed by atoms with Gasteiger partial charge in [-0.3, -0.25) is 0 Å². The molecule has 0 aliphatic carbocycles. The summed E-state index contributed by atoms with van der Waals surface area (Å²) in [4.78, 5) is 11.9. The molecule has 0 amide bonds. The topological polar surface area (TPSA) is 66.8 Å². The Bertz CT molecular complexity index is 637. The van der Waals surface area contributed by atoms with Gasteiger partial charge in [0.15, 0.2) is 0 Å². The molecule has 4 nitrogen and oxygen atoms in total. The van der Waals surface area contributed by atoms with Crippen molar-refractivity contribution in [1.82, 2.24) is 0 Å². The summed E-state index contributed by atoms with van der Waals surface area (Å²) < 4.78 is 5.08. The van der Waals surface area contributed by atoms with Gasteiger partial charge in [0, 0.05) is 6.07 Å². The number of benzene rings is 2. The molecule has 4 heteroatoms. The van der Waals surface area contributed by atoms with Crippen LogP contribution in [0, 0.1) is 6.92 Å². The van der Waals surface area contributed by atoms with Crippen molar-refractivity contribution in [3.63, 3.8) is 0 Å². The summed E-state index contributed by atoms with van der Waals surface area (Å²) in [6.07, 6.45) is 3.57. The first kappa shape index (κ1) is 14.7. The summed E-state index contributed by atoms with van der Waals surface area (Å²) in [5.74, 6) is -1.00. The Morgan fingerprint density at radius 3 is 2.57 bits per heavy atom. The number of aromatic hydroxyl groups is 2. The maximum atomic E-state index is 11.9. The molecule has 0 unspecified atom stereocenters. The van der Waals surface area contributed by atoms with Crippen LogP contribution < -0.4 is 0 Å². The van der Waals surface area contributed by atoms with Gasteiger partial charge in [0.25, 0.3) is 0 Å². The Balaban J connectivity index is 1.98. The predicted octanol–water partition coefficient (Wildman–Crippen LogP) is 3.28. The molecule has 0 bridgehead atoms. The molecule has 2 rings (SSSR count). The Morgan fingerprint density at radius 2 is 1.90 bits per heavy atom. The molecule has 2 aromatic rings. The second-order valence-corrected chi connectivity index (χ2v) is 4.57. The van der Waals surface area contributed by atoms with E-state index in [2.05, 4.69) is 0 Å². The van der Waals surface area contributed by atoms with Crippen LogP contribution in [0.25, 0.3) is 6.08 Å². The SMILES string of the molecule is Cc1cc(O)cc(O)c1C(=O)OCC=Cc1ccccc1. The van der Waals surface area contributed by atoms with E-state index in [1.807, 2.05) is 36.4 Å². The number of ether oxygens (including phenoxy) is 1. The summed E-state index contributed by atoms with van der Waals surface area (Å²) in [6, 6.07) is 12.2. The van der Waals surface area contributed by atoms with Crippen molar-refractivity contribution in [1.29, 1.82) is 0 Å². The lowest BCUT2D eigenvalue weighted by Crippen LogP contribution is -2.07. The minimum absolute atomic E-state index is 0.0703. The van der Waals surface area contributed by atoms with Crippen molar-refractivity contribution in [2.75, 3.05) is 6.61 Å². The maximum absolute atomic E-state index is 11.9. The largest absolute Gasteiger partial charge is 0.508 e. The van der Waals surface area contributed by atoms with E-state index in [1.165, 1.54) is 6.07 Å². The van der Waals surface area contributed by atoms with Crippen molar-refractivity contribution in [2.24, 2.45) is 0 Å². The van der Waals surface area contributed by atoms with Crippen LogP contribution in [-0.2, 0) is 4.74 Å². The first-order valence-corrected chi connectivity index (χ1v) is 6.49. The van der Waals surface area contributed by atoms with Gasteiger partial charge < -0.3 is 14.9 Å². The van der Waals surface area contributed by atoms with Gasteiger partial charge in [-0.1, -0.05) is 36.4 Å². The fourth-order valence-corrected chi connectivity index (χ4v) is 1.96. The van der Waals surface area contributed by atoms with E-state index in [4.69, 9.17) is 4.74 Å². The number of carbonyl (C=O) groups is 1. The molecule has 108 valence electrons. The van der Waals surface area contributed by atoms with Crippen LogP contribution in [0.3, 0.4) is 0 Å². The molecule has 0 saturated heterocycles. The Kier molecular flexibility index (Phi) is 4.61. The van der Waals surface area contributed by atoms with Crippen LogP contribution in [0.15, 0.2) is 48.5 Å². The van der Waals surface area contributed by atoms with Gasteiger partial charge in [0.2, 0.25) is 0 Å². The molecular formula is C17H16O4. The minimum atomic E-state index is -0.622. The number of aryl methyl sites for hydroxylation is 1. The molecule has 0 heterocycles. The van der Waals surface area contributed by atoms with Crippen LogP contribution in [0.2, 0.25) is 0 Å². The summed E-state index contributed by atoms with van der Waals surface area (Å²) in [5.41, 5.74) is 1.54. The second-order valence-electron chi connectivity index (χ2n) is 4.57. The Labute approximate surface area is 122 Å². The zero-order valence-corrected chi connectivity index (χ0v) is 11.6. The van der Waals surface area contributed by atoms with E-state index in [9.17, 15) is 15.0 Å². The van der Waals surface area contributed by atoms with Crippen LogP contribution >= 0.6 is 0 Å². The number of hydrogen-bond acceptors (Lipinski definition) is 4. The summed E-state index contributed by atoms with van der Waals surface area (Å²) >= 11 is 0. The molecule has 0 aromatic heterocycles. The van der Waals surface area contributed by atoms with Crippen LogP contribution in [0.4, 0.5) is 0 Å². The number of phenolic OH excluding ortho intramolecular Hbond substituents is 2. The third-order valence-electron chi connectivity index (χ3n) is 2.92. The monoisotopic (exact) mass is 284 g/mol. The van der Waals surface area contributed by atoms with E-state index in [1.54, 1.807) is 13.0 Å². The summed E-state index contributed by atoms with van der Waals surface area (Å²) in [6.45, 7) is 1.73. The average molecular weight is 284 g/mol. The molecule has 0 aliphatic heterocycles. The van der Waals surface area contributed by atoms with Gasteiger partial charge in [0.1, 0.15) is 23.7 Å². The third kappa shape index (κ3) is 3.86. The second kappa shape index (κ2) is 6.61. The highest BCUT2D eigenvalue weighted by Crippen LogP contribution is 2.27. The fourth-order valence-electron chi connectivity index (χ4n) is 1.96. The maximum Gasteiger partial charge on any atom is 0.342 e. The van der Waals surface area contributed by atoms with E-state index in [-0.39, 0.29) is 23.7 Å². The number of rotatable bonds is 4. The summed E-state index contributed by atoms with van der Waals surface area (Å²) in [5, 5.41) is 19.0. The fraction of sp³-hybridized carbons (Fsp3) is 0.118. The molecule has 2 N–H and O–H groups in total. The van der Waals surface area contributed by atoms with Crippen molar-refractivity contribution < 1.29 is 19.7 Å². The van der Waals surface area contributed by atoms with Crippen molar-refractivity contribution >= 4 is 12.0 Å². The molecule has 2 aromatic carbocycles. The Hall–Kier alpha value is -2.75. The first-order chi connectivity index (χ1) is 10.1. The molecule has 0 spiro atoms. The minimum Gasteiger partial charge on any atom is -0.508 e. The van der Waals surface area contributed by atoms with Crippen LogP contribution in [0.1, 0.15) is 21.5 Å².